The molecule has 1 N–H and O–H groups in total. The fourth-order valence-corrected chi connectivity index (χ4v) is 2.03. The molecule has 0 atom stereocenters. The monoisotopic (exact) mass is 249 g/mol. The van der Waals surface area contributed by atoms with Crippen molar-refractivity contribution in [3.63, 3.8) is 0 Å². The van der Waals surface area contributed by atoms with Crippen molar-refractivity contribution < 1.29 is 9.90 Å². The maximum Gasteiger partial charge on any atom is 0.194 e. The lowest BCUT2D eigenvalue weighted by Gasteiger charge is -2.04. The first-order valence-corrected chi connectivity index (χ1v) is 5.93. The maximum atomic E-state index is 12.3. The third kappa shape index (κ3) is 2.06. The highest BCUT2D eigenvalue weighted by Crippen LogP contribution is 2.23. The van der Waals surface area contributed by atoms with E-state index in [4.69, 9.17) is 0 Å². The van der Waals surface area contributed by atoms with Crippen LogP contribution < -0.4 is 0 Å². The Hall–Kier alpha value is -2.68. The Balaban J connectivity index is 2.09. The van der Waals surface area contributed by atoms with Crippen LogP contribution in [-0.2, 0) is 0 Å². The number of benzene rings is 2. The number of fused-ring (bicyclic) bond motifs is 1. The second kappa shape index (κ2) is 4.53. The number of para-hydroxylation sites is 1. The van der Waals surface area contributed by atoms with Crippen LogP contribution in [0.3, 0.4) is 0 Å². The van der Waals surface area contributed by atoms with Crippen LogP contribution in [0.1, 0.15) is 15.9 Å². The molecule has 3 aromatic rings. The molecule has 0 aliphatic carbocycles. The molecule has 2 aromatic carbocycles. The molecule has 1 heterocycles. The van der Waals surface area contributed by atoms with Gasteiger partial charge >= 0.3 is 0 Å². The van der Waals surface area contributed by atoms with Gasteiger partial charge in [-0.2, -0.15) is 0 Å². The van der Waals surface area contributed by atoms with Crippen molar-refractivity contribution in [2.45, 2.75) is 0 Å². The summed E-state index contributed by atoms with van der Waals surface area (Å²) in [6.07, 6.45) is 1.50. The molecule has 92 valence electrons. The summed E-state index contributed by atoms with van der Waals surface area (Å²) in [7, 11) is 0. The smallest absolute Gasteiger partial charge is 0.194 e. The van der Waals surface area contributed by atoms with E-state index in [-0.39, 0.29) is 11.5 Å². The highest BCUT2D eigenvalue weighted by Gasteiger charge is 2.10. The minimum atomic E-state index is -0.0710. The number of rotatable bonds is 2. The van der Waals surface area contributed by atoms with Crippen molar-refractivity contribution in [3.8, 4) is 5.75 Å². The molecule has 19 heavy (non-hydrogen) atoms. The summed E-state index contributed by atoms with van der Waals surface area (Å²) in [5.41, 5.74) is 1.65. The maximum absolute atomic E-state index is 12.3. The third-order valence-corrected chi connectivity index (χ3v) is 2.99. The molecule has 0 aliphatic heterocycles. The normalized spacial score (nSPS) is 10.5. The second-order valence-electron chi connectivity index (χ2n) is 4.27. The molecule has 0 saturated heterocycles. The van der Waals surface area contributed by atoms with E-state index in [1.807, 2.05) is 24.3 Å². The van der Waals surface area contributed by atoms with Gasteiger partial charge in [-0.1, -0.05) is 42.5 Å². The molecule has 0 fully saturated rings. The van der Waals surface area contributed by atoms with E-state index in [1.54, 1.807) is 30.3 Å². The molecule has 3 rings (SSSR count). The number of hydrogen-bond acceptors (Lipinski definition) is 3. The van der Waals surface area contributed by atoms with Gasteiger partial charge in [-0.05, 0) is 12.1 Å². The summed E-state index contributed by atoms with van der Waals surface area (Å²) in [4.78, 5) is 16.4. The van der Waals surface area contributed by atoms with Gasteiger partial charge in [0.2, 0.25) is 0 Å². The van der Waals surface area contributed by atoms with Crippen molar-refractivity contribution in [3.05, 3.63) is 71.9 Å². The minimum Gasteiger partial charge on any atom is -0.506 e. The summed E-state index contributed by atoms with van der Waals surface area (Å²) in [6.45, 7) is 0. The lowest BCUT2D eigenvalue weighted by atomic mass is 10.0. The van der Waals surface area contributed by atoms with E-state index >= 15 is 0 Å². The van der Waals surface area contributed by atoms with E-state index in [9.17, 15) is 9.90 Å². The summed E-state index contributed by atoms with van der Waals surface area (Å²) in [5.74, 6) is 0.0505. The van der Waals surface area contributed by atoms with Crippen LogP contribution in [0, 0.1) is 0 Å². The first-order chi connectivity index (χ1) is 9.25. The number of aromatic hydroxyl groups is 1. The lowest BCUT2D eigenvalue weighted by molar-refractivity contribution is 0.103. The SMILES string of the molecule is O=C(c1ccccc1)c1cnc2c(O)cccc2c1. The quantitative estimate of drug-likeness (QED) is 0.710. The number of phenols is 1. The molecule has 0 saturated carbocycles. The van der Waals surface area contributed by atoms with Crippen molar-refractivity contribution >= 4 is 16.7 Å². The van der Waals surface area contributed by atoms with Crippen LogP contribution in [0.4, 0.5) is 0 Å². The van der Waals surface area contributed by atoms with Gasteiger partial charge in [0.15, 0.2) is 5.78 Å². The number of pyridine rings is 1. The Morgan fingerprint density at radius 1 is 0.947 bits per heavy atom. The molecule has 0 aliphatic rings. The fraction of sp³-hybridized carbons (Fsp3) is 0. The number of carbonyl (C=O) groups is 1. The molecule has 3 nitrogen and oxygen atoms in total. The van der Waals surface area contributed by atoms with E-state index in [0.29, 0.717) is 16.6 Å². The summed E-state index contributed by atoms with van der Waals surface area (Å²) in [5, 5.41) is 10.4. The van der Waals surface area contributed by atoms with Gasteiger partial charge in [0.1, 0.15) is 11.3 Å². The number of ketones is 1. The standard InChI is InChI=1S/C16H11NO2/c18-14-8-4-7-12-9-13(10-17-15(12)14)16(19)11-5-2-1-3-6-11/h1-10,18H. The van der Waals surface area contributed by atoms with Gasteiger partial charge in [0, 0.05) is 22.7 Å². The molecule has 1 aromatic heterocycles. The topological polar surface area (TPSA) is 50.2 Å². The Morgan fingerprint density at radius 2 is 1.74 bits per heavy atom. The summed E-state index contributed by atoms with van der Waals surface area (Å²) in [6, 6.07) is 15.9. The highest BCUT2D eigenvalue weighted by molar-refractivity contribution is 6.10. The molecule has 0 unspecified atom stereocenters. The van der Waals surface area contributed by atoms with Gasteiger partial charge < -0.3 is 5.11 Å². The molecular weight excluding hydrogens is 238 g/mol. The zero-order chi connectivity index (χ0) is 13.2. The number of nitrogens with zero attached hydrogens (tertiary/aromatic N) is 1. The van der Waals surface area contributed by atoms with E-state index in [2.05, 4.69) is 4.98 Å². The lowest BCUT2D eigenvalue weighted by Crippen LogP contribution is -2.01. The zero-order valence-electron chi connectivity index (χ0n) is 10.1. The Bertz CT molecular complexity index is 751. The zero-order valence-corrected chi connectivity index (χ0v) is 10.1. The van der Waals surface area contributed by atoms with Gasteiger partial charge in [-0.15, -0.1) is 0 Å². The predicted octanol–water partition coefficient (Wildman–Crippen LogP) is 3.17. The predicted molar refractivity (Wildman–Crippen MR) is 73.3 cm³/mol. The molecule has 0 bridgehead atoms. The van der Waals surface area contributed by atoms with Gasteiger partial charge in [-0.25, -0.2) is 0 Å². The summed E-state index contributed by atoms with van der Waals surface area (Å²) < 4.78 is 0. The van der Waals surface area contributed by atoms with Crippen LogP contribution >= 0.6 is 0 Å². The third-order valence-electron chi connectivity index (χ3n) is 2.99. The van der Waals surface area contributed by atoms with Crippen molar-refractivity contribution in [1.82, 2.24) is 4.98 Å². The van der Waals surface area contributed by atoms with E-state index in [1.165, 1.54) is 6.20 Å². The van der Waals surface area contributed by atoms with E-state index < -0.39 is 0 Å². The van der Waals surface area contributed by atoms with E-state index in [0.717, 1.165) is 5.39 Å². The Labute approximate surface area is 110 Å². The number of hydrogen-bond donors (Lipinski definition) is 1. The van der Waals surface area contributed by atoms with Gasteiger partial charge in [0.25, 0.3) is 0 Å². The molecule has 0 spiro atoms. The van der Waals surface area contributed by atoms with Crippen molar-refractivity contribution in [2.24, 2.45) is 0 Å². The number of aromatic nitrogens is 1. The average Bonchev–Trinajstić information content (AvgIpc) is 2.47. The second-order valence-corrected chi connectivity index (χ2v) is 4.27. The largest absolute Gasteiger partial charge is 0.506 e. The first-order valence-electron chi connectivity index (χ1n) is 5.93. The van der Waals surface area contributed by atoms with Gasteiger partial charge in [0.05, 0.1) is 0 Å². The van der Waals surface area contributed by atoms with Crippen LogP contribution in [0.25, 0.3) is 10.9 Å². The number of carbonyl (C=O) groups excluding carboxylic acids is 1. The average molecular weight is 249 g/mol. The minimum absolute atomic E-state index is 0.0710. The summed E-state index contributed by atoms with van der Waals surface area (Å²) >= 11 is 0. The molecule has 0 radical (unpaired) electrons. The van der Waals surface area contributed by atoms with Crippen LogP contribution in [-0.4, -0.2) is 15.9 Å². The highest BCUT2D eigenvalue weighted by atomic mass is 16.3. The number of phenolic OH excluding ortho intramolecular Hbond substituents is 1. The van der Waals surface area contributed by atoms with Crippen molar-refractivity contribution in [1.29, 1.82) is 0 Å². The van der Waals surface area contributed by atoms with Gasteiger partial charge in [-0.3, -0.25) is 9.78 Å². The van der Waals surface area contributed by atoms with Crippen LogP contribution in [0.5, 0.6) is 5.75 Å². The Kier molecular flexibility index (Phi) is 2.72. The van der Waals surface area contributed by atoms with Crippen LogP contribution in [0.15, 0.2) is 60.8 Å². The Morgan fingerprint density at radius 3 is 2.53 bits per heavy atom. The molecule has 3 heteroatoms. The molecule has 0 amide bonds. The van der Waals surface area contributed by atoms with Crippen molar-refractivity contribution in [2.75, 3.05) is 0 Å². The van der Waals surface area contributed by atoms with Crippen LogP contribution in [0.2, 0.25) is 0 Å². The molecular formula is C16H11NO2. The fourth-order valence-electron chi connectivity index (χ4n) is 2.03. The first kappa shape index (κ1) is 11.4.